The van der Waals surface area contributed by atoms with E-state index >= 15 is 0 Å². The zero-order valence-corrected chi connectivity index (χ0v) is 12.6. The summed E-state index contributed by atoms with van der Waals surface area (Å²) in [7, 11) is 1.95. The number of hydrazine groups is 1. The quantitative estimate of drug-likeness (QED) is 0.616. The minimum absolute atomic E-state index is 0.101. The summed E-state index contributed by atoms with van der Waals surface area (Å²) in [6.07, 6.45) is 0. The zero-order valence-electron chi connectivity index (χ0n) is 12.6. The summed E-state index contributed by atoms with van der Waals surface area (Å²) in [5, 5.41) is 0. The second-order valence-corrected chi connectivity index (χ2v) is 5.47. The summed E-state index contributed by atoms with van der Waals surface area (Å²) in [6, 6.07) is 0.517. The third-order valence-electron chi connectivity index (χ3n) is 3.16. The molecule has 0 radical (unpaired) electrons. The van der Waals surface area contributed by atoms with Crippen LogP contribution in [-0.2, 0) is 0 Å². The fourth-order valence-electron chi connectivity index (χ4n) is 1.52. The van der Waals surface area contributed by atoms with Gasteiger partial charge in [0.25, 0.3) is 0 Å². The molecule has 0 saturated heterocycles. The molecule has 108 valence electrons. The summed E-state index contributed by atoms with van der Waals surface area (Å²) in [5.74, 6) is 6.20. The highest BCUT2D eigenvalue weighted by Gasteiger charge is 2.26. The molecule has 0 aliphatic rings. The highest BCUT2D eigenvalue weighted by atomic mass is 16.5. The lowest BCUT2D eigenvalue weighted by molar-refractivity contribution is 0.307. The molecule has 1 heterocycles. The molecule has 7 heteroatoms. The molecule has 0 aromatic carbocycles. The van der Waals surface area contributed by atoms with Gasteiger partial charge in [0.1, 0.15) is 0 Å². The first-order chi connectivity index (χ1) is 8.79. The molecule has 0 spiro atoms. The number of aromatic nitrogens is 3. The Balaban J connectivity index is 3.07. The number of anilines is 2. The minimum Gasteiger partial charge on any atom is -0.464 e. The van der Waals surface area contributed by atoms with Crippen molar-refractivity contribution in [3.05, 3.63) is 0 Å². The van der Waals surface area contributed by atoms with Gasteiger partial charge >= 0.3 is 6.01 Å². The predicted octanol–water partition coefficient (Wildman–Crippen LogP) is 1.43. The number of hydrogen-bond acceptors (Lipinski definition) is 7. The van der Waals surface area contributed by atoms with Gasteiger partial charge in [0.15, 0.2) is 0 Å². The van der Waals surface area contributed by atoms with Gasteiger partial charge in [-0.3, -0.25) is 5.43 Å². The fraction of sp³-hybridized carbons (Fsp3) is 0.750. The van der Waals surface area contributed by atoms with E-state index < -0.39 is 0 Å². The monoisotopic (exact) mass is 268 g/mol. The first-order valence-electron chi connectivity index (χ1n) is 6.38. The zero-order chi connectivity index (χ0) is 14.6. The average Bonchev–Trinajstić information content (AvgIpc) is 2.35. The second-order valence-electron chi connectivity index (χ2n) is 5.47. The number of nitrogens with zero attached hydrogens (tertiary/aromatic N) is 4. The van der Waals surface area contributed by atoms with E-state index in [1.165, 1.54) is 0 Å². The molecule has 0 bridgehead atoms. The Kier molecular flexibility index (Phi) is 4.88. The molecule has 0 aliphatic carbocycles. The average molecular weight is 268 g/mol. The summed E-state index contributed by atoms with van der Waals surface area (Å²) >= 11 is 0. The Bertz CT molecular complexity index is 417. The smallest absolute Gasteiger partial charge is 0.323 e. The van der Waals surface area contributed by atoms with Crippen molar-refractivity contribution in [2.75, 3.05) is 24.0 Å². The third kappa shape index (κ3) is 3.92. The van der Waals surface area contributed by atoms with E-state index in [1.54, 1.807) is 0 Å². The molecule has 1 rings (SSSR count). The van der Waals surface area contributed by atoms with Crippen LogP contribution in [0.25, 0.3) is 0 Å². The van der Waals surface area contributed by atoms with Crippen LogP contribution in [0.3, 0.4) is 0 Å². The maximum atomic E-state index is 5.37. The lowest BCUT2D eigenvalue weighted by atomic mass is 9.87. The van der Waals surface area contributed by atoms with Gasteiger partial charge in [0.05, 0.1) is 6.61 Å². The molecule has 0 fully saturated rings. The van der Waals surface area contributed by atoms with Gasteiger partial charge in [0, 0.05) is 13.1 Å². The van der Waals surface area contributed by atoms with Gasteiger partial charge in [-0.1, -0.05) is 20.8 Å². The van der Waals surface area contributed by atoms with Crippen LogP contribution in [0.15, 0.2) is 0 Å². The highest BCUT2D eigenvalue weighted by molar-refractivity contribution is 5.38. The van der Waals surface area contributed by atoms with Crippen molar-refractivity contribution < 1.29 is 4.74 Å². The van der Waals surface area contributed by atoms with Crippen LogP contribution >= 0.6 is 0 Å². The molecule has 1 unspecified atom stereocenters. The maximum Gasteiger partial charge on any atom is 0.323 e. The molecule has 0 aliphatic heterocycles. The fourth-order valence-corrected chi connectivity index (χ4v) is 1.52. The van der Waals surface area contributed by atoms with Crippen LogP contribution in [-0.4, -0.2) is 34.6 Å². The molecule has 7 nitrogen and oxygen atoms in total. The Labute approximate surface area is 114 Å². The topological polar surface area (TPSA) is 89.2 Å². The maximum absolute atomic E-state index is 5.37. The number of ether oxygens (including phenoxy) is 1. The van der Waals surface area contributed by atoms with E-state index in [-0.39, 0.29) is 17.5 Å². The van der Waals surface area contributed by atoms with Crippen molar-refractivity contribution in [1.82, 2.24) is 15.0 Å². The van der Waals surface area contributed by atoms with Crippen LogP contribution in [0.5, 0.6) is 6.01 Å². The van der Waals surface area contributed by atoms with Crippen molar-refractivity contribution in [2.24, 2.45) is 11.3 Å². The molecule has 1 aromatic heterocycles. The lowest BCUT2D eigenvalue weighted by Crippen LogP contribution is -2.40. The first-order valence-corrected chi connectivity index (χ1v) is 6.38. The van der Waals surface area contributed by atoms with Crippen LogP contribution < -0.4 is 20.9 Å². The van der Waals surface area contributed by atoms with Crippen molar-refractivity contribution in [3.8, 4) is 6.01 Å². The van der Waals surface area contributed by atoms with E-state index in [0.717, 1.165) is 0 Å². The third-order valence-corrected chi connectivity index (χ3v) is 3.16. The Morgan fingerprint density at radius 2 is 1.95 bits per heavy atom. The Hall–Kier alpha value is -1.63. The number of rotatable bonds is 5. The van der Waals surface area contributed by atoms with Gasteiger partial charge in [-0.2, -0.15) is 15.0 Å². The number of nitrogens with one attached hydrogen (secondary N) is 1. The van der Waals surface area contributed by atoms with E-state index in [9.17, 15) is 0 Å². The molecule has 0 saturated carbocycles. The van der Waals surface area contributed by atoms with Crippen molar-refractivity contribution >= 4 is 11.9 Å². The Morgan fingerprint density at radius 1 is 1.32 bits per heavy atom. The first kappa shape index (κ1) is 15.4. The van der Waals surface area contributed by atoms with Gasteiger partial charge in [0.2, 0.25) is 11.9 Å². The summed E-state index contributed by atoms with van der Waals surface area (Å²) in [4.78, 5) is 14.6. The largest absolute Gasteiger partial charge is 0.464 e. The van der Waals surface area contributed by atoms with Gasteiger partial charge < -0.3 is 9.64 Å². The van der Waals surface area contributed by atoms with Crippen molar-refractivity contribution in [1.29, 1.82) is 0 Å². The standard InChI is InChI=1S/C12H24N6O/c1-7-19-11-15-9(17-13)14-10(16-11)18(6)8(2)12(3,4)5/h8H,7,13H2,1-6H3,(H,14,15,16,17). The Morgan fingerprint density at radius 3 is 2.42 bits per heavy atom. The van der Waals surface area contributed by atoms with Crippen molar-refractivity contribution in [3.63, 3.8) is 0 Å². The molecular formula is C12H24N6O. The highest BCUT2D eigenvalue weighted by Crippen LogP contribution is 2.26. The van der Waals surface area contributed by atoms with Crippen LogP contribution in [0.4, 0.5) is 11.9 Å². The lowest BCUT2D eigenvalue weighted by Gasteiger charge is -2.35. The van der Waals surface area contributed by atoms with Gasteiger partial charge in [-0.25, -0.2) is 5.84 Å². The molecule has 0 amide bonds. The second kappa shape index (κ2) is 6.01. The number of nitrogen functional groups attached to an aromatic ring is 1. The summed E-state index contributed by atoms with van der Waals surface area (Å²) < 4.78 is 5.32. The van der Waals surface area contributed by atoms with Crippen LogP contribution in [0.1, 0.15) is 34.6 Å². The van der Waals surface area contributed by atoms with E-state index in [4.69, 9.17) is 10.6 Å². The molecule has 19 heavy (non-hydrogen) atoms. The minimum atomic E-state index is 0.101. The SMILES string of the molecule is CCOc1nc(NN)nc(N(C)C(C)C(C)(C)C)n1. The van der Waals surface area contributed by atoms with Gasteiger partial charge in [-0.15, -0.1) is 0 Å². The van der Waals surface area contributed by atoms with Crippen LogP contribution in [0, 0.1) is 5.41 Å². The molecule has 1 atom stereocenters. The number of hydrogen-bond donors (Lipinski definition) is 2. The van der Waals surface area contributed by atoms with Crippen molar-refractivity contribution in [2.45, 2.75) is 40.7 Å². The van der Waals surface area contributed by atoms with Gasteiger partial charge in [-0.05, 0) is 19.3 Å². The predicted molar refractivity (Wildman–Crippen MR) is 76.1 cm³/mol. The summed E-state index contributed by atoms with van der Waals surface area (Å²) in [6.45, 7) is 11.0. The normalized spacial score (nSPS) is 13.0. The van der Waals surface area contributed by atoms with Crippen LogP contribution in [0.2, 0.25) is 0 Å². The number of nitrogens with two attached hydrogens (primary N) is 1. The van der Waals surface area contributed by atoms with E-state index in [0.29, 0.717) is 18.5 Å². The molecular weight excluding hydrogens is 244 g/mol. The molecule has 3 N–H and O–H groups in total. The summed E-state index contributed by atoms with van der Waals surface area (Å²) in [5.41, 5.74) is 2.53. The van der Waals surface area contributed by atoms with E-state index in [2.05, 4.69) is 48.1 Å². The van der Waals surface area contributed by atoms with E-state index in [1.807, 2.05) is 18.9 Å². The molecule has 1 aromatic rings.